The number of hydrogen-bond acceptors (Lipinski definition) is 4. The van der Waals surface area contributed by atoms with Gasteiger partial charge in [-0.25, -0.2) is 13.1 Å². The molecule has 3 N–H and O–H groups in total. The Bertz CT molecular complexity index is 483. The first-order chi connectivity index (χ1) is 8.89. The first-order valence-electron chi connectivity index (χ1n) is 6.70. The number of hydrogen-bond donors (Lipinski definition) is 2. The van der Waals surface area contributed by atoms with Gasteiger partial charge in [0.1, 0.15) is 4.21 Å². The van der Waals surface area contributed by atoms with Crippen LogP contribution in [-0.4, -0.2) is 21.0 Å². The third kappa shape index (κ3) is 5.22. The first-order valence-corrected chi connectivity index (χ1v) is 9.00. The summed E-state index contributed by atoms with van der Waals surface area (Å²) in [5.41, 5.74) is 5.47. The molecule has 0 aliphatic carbocycles. The Hall–Kier alpha value is -0.430. The van der Waals surface area contributed by atoms with E-state index >= 15 is 0 Å². The monoisotopic (exact) mass is 304 g/mol. The fourth-order valence-corrected chi connectivity index (χ4v) is 4.56. The summed E-state index contributed by atoms with van der Waals surface area (Å²) < 4.78 is 27.5. The molecular weight excluding hydrogens is 280 g/mol. The van der Waals surface area contributed by atoms with Gasteiger partial charge in [-0.05, 0) is 44.4 Å². The standard InChI is InChI=1S/C13H24N2O2S2/c1-4-10(2)9-11(3)15-19(16,17)13-6-5-12(18-13)7-8-14/h5-6,10-11,15H,4,7-9,14H2,1-3H3. The van der Waals surface area contributed by atoms with Gasteiger partial charge in [0.2, 0.25) is 10.0 Å². The molecule has 0 aliphatic heterocycles. The van der Waals surface area contributed by atoms with Gasteiger partial charge in [-0.2, -0.15) is 0 Å². The number of sulfonamides is 1. The highest BCUT2D eigenvalue weighted by atomic mass is 32.2. The van der Waals surface area contributed by atoms with Crippen LogP contribution in [0.4, 0.5) is 0 Å². The lowest BCUT2D eigenvalue weighted by Gasteiger charge is -2.16. The van der Waals surface area contributed by atoms with E-state index < -0.39 is 10.0 Å². The van der Waals surface area contributed by atoms with E-state index in [9.17, 15) is 8.42 Å². The van der Waals surface area contributed by atoms with Gasteiger partial charge in [0.15, 0.2) is 0 Å². The molecule has 1 rings (SSSR count). The summed E-state index contributed by atoms with van der Waals surface area (Å²) in [6, 6.07) is 3.46. The van der Waals surface area contributed by atoms with Crippen LogP contribution in [0.1, 0.15) is 38.5 Å². The van der Waals surface area contributed by atoms with Crippen LogP contribution in [0.5, 0.6) is 0 Å². The lowest BCUT2D eigenvalue weighted by atomic mass is 10.0. The molecular formula is C13H24N2O2S2. The number of rotatable bonds is 8. The Morgan fingerprint density at radius 2 is 2.05 bits per heavy atom. The zero-order valence-corrected chi connectivity index (χ0v) is 13.5. The molecule has 2 unspecified atom stereocenters. The third-order valence-electron chi connectivity index (χ3n) is 3.10. The van der Waals surface area contributed by atoms with Gasteiger partial charge in [0.25, 0.3) is 0 Å². The maximum absolute atomic E-state index is 12.2. The minimum Gasteiger partial charge on any atom is -0.330 e. The van der Waals surface area contributed by atoms with Gasteiger partial charge < -0.3 is 5.73 Å². The molecule has 0 amide bonds. The summed E-state index contributed by atoms with van der Waals surface area (Å²) in [5, 5.41) is 0. The smallest absolute Gasteiger partial charge is 0.250 e. The van der Waals surface area contributed by atoms with Crippen molar-refractivity contribution in [3.05, 3.63) is 17.0 Å². The van der Waals surface area contributed by atoms with Crippen molar-refractivity contribution in [1.82, 2.24) is 4.72 Å². The number of thiophene rings is 1. The van der Waals surface area contributed by atoms with Crippen LogP contribution in [0.3, 0.4) is 0 Å². The summed E-state index contributed by atoms with van der Waals surface area (Å²) in [5.74, 6) is 0.522. The normalized spacial score (nSPS) is 15.4. The van der Waals surface area contributed by atoms with Crippen molar-refractivity contribution >= 4 is 21.4 Å². The zero-order chi connectivity index (χ0) is 14.5. The van der Waals surface area contributed by atoms with Gasteiger partial charge >= 0.3 is 0 Å². The second kappa shape index (κ2) is 7.38. The molecule has 0 radical (unpaired) electrons. The Kier molecular flexibility index (Phi) is 6.46. The van der Waals surface area contributed by atoms with Crippen molar-refractivity contribution in [3.63, 3.8) is 0 Å². The molecule has 0 saturated heterocycles. The lowest BCUT2D eigenvalue weighted by Crippen LogP contribution is -2.33. The molecule has 1 heterocycles. The van der Waals surface area contributed by atoms with E-state index in [0.29, 0.717) is 16.7 Å². The second-order valence-corrected chi connectivity index (χ2v) is 8.14. The zero-order valence-electron chi connectivity index (χ0n) is 11.8. The molecule has 0 aromatic carbocycles. The van der Waals surface area contributed by atoms with Crippen molar-refractivity contribution in [2.45, 2.75) is 50.3 Å². The molecule has 0 saturated carbocycles. The molecule has 2 atom stereocenters. The predicted octanol–water partition coefficient (Wildman–Crippen LogP) is 2.35. The summed E-state index contributed by atoms with van der Waals surface area (Å²) in [7, 11) is -3.38. The lowest BCUT2D eigenvalue weighted by molar-refractivity contribution is 0.446. The van der Waals surface area contributed by atoms with Crippen LogP contribution in [0.15, 0.2) is 16.3 Å². The van der Waals surface area contributed by atoms with Crippen molar-refractivity contribution < 1.29 is 8.42 Å². The largest absolute Gasteiger partial charge is 0.330 e. The molecule has 4 nitrogen and oxygen atoms in total. The van der Waals surface area contributed by atoms with Crippen molar-refractivity contribution in [2.75, 3.05) is 6.54 Å². The van der Waals surface area contributed by atoms with E-state index in [2.05, 4.69) is 18.6 Å². The van der Waals surface area contributed by atoms with Crippen LogP contribution in [0.2, 0.25) is 0 Å². The van der Waals surface area contributed by atoms with E-state index in [1.165, 1.54) is 11.3 Å². The van der Waals surface area contributed by atoms with Crippen molar-refractivity contribution in [2.24, 2.45) is 11.7 Å². The quantitative estimate of drug-likeness (QED) is 0.774. The fraction of sp³-hybridized carbons (Fsp3) is 0.692. The summed E-state index contributed by atoms with van der Waals surface area (Å²) >= 11 is 1.30. The summed E-state index contributed by atoms with van der Waals surface area (Å²) in [4.78, 5) is 1.01. The first kappa shape index (κ1) is 16.6. The topological polar surface area (TPSA) is 72.2 Å². The van der Waals surface area contributed by atoms with Crippen molar-refractivity contribution in [3.8, 4) is 0 Å². The molecule has 6 heteroatoms. The molecule has 0 fully saturated rings. The third-order valence-corrected chi connectivity index (χ3v) is 6.33. The molecule has 1 aromatic rings. The van der Waals surface area contributed by atoms with Crippen LogP contribution >= 0.6 is 11.3 Å². The molecule has 19 heavy (non-hydrogen) atoms. The SMILES string of the molecule is CCC(C)CC(C)NS(=O)(=O)c1ccc(CCN)s1. The highest BCUT2D eigenvalue weighted by Gasteiger charge is 2.20. The molecule has 0 bridgehead atoms. The van der Waals surface area contributed by atoms with Gasteiger partial charge in [0.05, 0.1) is 0 Å². The highest BCUT2D eigenvalue weighted by molar-refractivity contribution is 7.91. The Balaban J connectivity index is 2.69. The second-order valence-electron chi connectivity index (χ2n) is 5.03. The molecule has 0 spiro atoms. The minimum atomic E-state index is -3.38. The Labute approximate surface area is 120 Å². The molecule has 1 aromatic heterocycles. The Morgan fingerprint density at radius 3 is 2.63 bits per heavy atom. The maximum Gasteiger partial charge on any atom is 0.250 e. The highest BCUT2D eigenvalue weighted by Crippen LogP contribution is 2.22. The van der Waals surface area contributed by atoms with Crippen LogP contribution in [-0.2, 0) is 16.4 Å². The molecule has 0 aliphatic rings. The van der Waals surface area contributed by atoms with E-state index in [1.807, 2.05) is 13.0 Å². The molecule has 110 valence electrons. The van der Waals surface area contributed by atoms with Crippen LogP contribution < -0.4 is 10.5 Å². The van der Waals surface area contributed by atoms with E-state index in [4.69, 9.17) is 5.73 Å². The van der Waals surface area contributed by atoms with E-state index in [1.54, 1.807) is 6.07 Å². The Morgan fingerprint density at radius 1 is 1.37 bits per heavy atom. The number of nitrogens with two attached hydrogens (primary N) is 1. The van der Waals surface area contributed by atoms with Gasteiger partial charge in [-0.1, -0.05) is 20.3 Å². The summed E-state index contributed by atoms with van der Waals surface area (Å²) in [6.45, 7) is 6.70. The average Bonchev–Trinajstić information content (AvgIpc) is 2.78. The van der Waals surface area contributed by atoms with Gasteiger partial charge in [-0.15, -0.1) is 11.3 Å². The van der Waals surface area contributed by atoms with Crippen molar-refractivity contribution in [1.29, 1.82) is 0 Å². The van der Waals surface area contributed by atoms with Crippen LogP contribution in [0, 0.1) is 5.92 Å². The summed E-state index contributed by atoms with van der Waals surface area (Å²) in [6.07, 6.45) is 2.64. The van der Waals surface area contributed by atoms with E-state index in [-0.39, 0.29) is 6.04 Å². The van der Waals surface area contributed by atoms with Gasteiger partial charge in [-0.3, -0.25) is 0 Å². The number of nitrogens with one attached hydrogen (secondary N) is 1. The fourth-order valence-electron chi connectivity index (χ4n) is 1.92. The van der Waals surface area contributed by atoms with Gasteiger partial charge in [0, 0.05) is 10.9 Å². The van der Waals surface area contributed by atoms with E-state index in [0.717, 1.165) is 24.1 Å². The minimum absolute atomic E-state index is 0.0417. The van der Waals surface area contributed by atoms with Crippen LogP contribution in [0.25, 0.3) is 0 Å². The predicted molar refractivity (Wildman–Crippen MR) is 80.9 cm³/mol. The maximum atomic E-state index is 12.2. The average molecular weight is 304 g/mol.